The third kappa shape index (κ3) is 5.14. The van der Waals surface area contributed by atoms with Gasteiger partial charge in [0.1, 0.15) is 0 Å². The van der Waals surface area contributed by atoms with E-state index in [0.29, 0.717) is 6.54 Å². The van der Waals surface area contributed by atoms with Crippen molar-refractivity contribution < 1.29 is 4.79 Å². The Hall–Kier alpha value is -0.610. The van der Waals surface area contributed by atoms with Crippen LogP contribution in [0.2, 0.25) is 0 Å². The Morgan fingerprint density at radius 3 is 2.13 bits per heavy atom. The van der Waals surface area contributed by atoms with E-state index in [2.05, 4.69) is 4.90 Å². The van der Waals surface area contributed by atoms with E-state index < -0.39 is 5.41 Å². The summed E-state index contributed by atoms with van der Waals surface area (Å²) in [5.41, 5.74) is 5.13. The van der Waals surface area contributed by atoms with Crippen molar-refractivity contribution in [3.8, 4) is 0 Å². The first-order chi connectivity index (χ1) is 6.81. The third-order valence-electron chi connectivity index (χ3n) is 2.53. The van der Waals surface area contributed by atoms with Crippen LogP contribution in [0.4, 0.5) is 0 Å². The second-order valence-corrected chi connectivity index (χ2v) is 4.97. The zero-order valence-corrected chi connectivity index (χ0v) is 10.7. The molecule has 0 aliphatic carbocycles. The summed E-state index contributed by atoms with van der Waals surface area (Å²) >= 11 is 0. The second-order valence-electron chi connectivity index (χ2n) is 4.97. The van der Waals surface area contributed by atoms with Crippen molar-refractivity contribution in [3.63, 3.8) is 0 Å². The number of hydrogen-bond acceptors (Lipinski definition) is 3. The topological polar surface area (TPSA) is 49.6 Å². The Bertz CT molecular complexity index is 202. The molecule has 0 aromatic rings. The van der Waals surface area contributed by atoms with Gasteiger partial charge >= 0.3 is 0 Å². The van der Waals surface area contributed by atoms with Gasteiger partial charge in [-0.05, 0) is 40.9 Å². The van der Waals surface area contributed by atoms with Crippen molar-refractivity contribution in [2.75, 3.05) is 40.8 Å². The van der Waals surface area contributed by atoms with Crippen molar-refractivity contribution in [3.05, 3.63) is 0 Å². The predicted octanol–water partition coefficient (Wildman–Crippen LogP) is 0.381. The molecule has 15 heavy (non-hydrogen) atoms. The highest BCUT2D eigenvalue weighted by molar-refractivity contribution is 5.81. The molecule has 4 nitrogen and oxygen atoms in total. The molecule has 2 N–H and O–H groups in total. The minimum absolute atomic E-state index is 0.128. The van der Waals surface area contributed by atoms with Crippen LogP contribution in [-0.4, -0.2) is 56.5 Å². The number of nitrogens with two attached hydrogens (primary N) is 1. The van der Waals surface area contributed by atoms with Gasteiger partial charge in [0.05, 0.1) is 5.41 Å². The van der Waals surface area contributed by atoms with Gasteiger partial charge in [-0.1, -0.05) is 0 Å². The molecule has 0 bridgehead atoms. The molecule has 0 aliphatic rings. The number of carbonyl (C=O) groups excluding carboxylic acids is 1. The Balaban J connectivity index is 4.00. The summed E-state index contributed by atoms with van der Waals surface area (Å²) in [6.07, 6.45) is 0.996. The number of nitrogens with zero attached hydrogens (tertiary/aromatic N) is 2. The number of carbonyl (C=O) groups is 1. The molecule has 0 unspecified atom stereocenters. The maximum absolute atomic E-state index is 11.9. The third-order valence-corrected chi connectivity index (χ3v) is 2.53. The Morgan fingerprint density at radius 2 is 1.73 bits per heavy atom. The fourth-order valence-electron chi connectivity index (χ4n) is 1.33. The minimum atomic E-state index is -0.438. The van der Waals surface area contributed by atoms with E-state index in [1.54, 1.807) is 4.90 Å². The van der Waals surface area contributed by atoms with Gasteiger partial charge < -0.3 is 15.5 Å². The van der Waals surface area contributed by atoms with Crippen molar-refractivity contribution >= 4 is 5.91 Å². The van der Waals surface area contributed by atoms with Crippen LogP contribution in [-0.2, 0) is 4.79 Å². The standard InChI is InChI=1S/C11H25N3O/c1-11(2,9-12)10(15)14(5)8-6-7-13(3)4/h6-9,12H2,1-5H3. The first-order valence-electron chi connectivity index (χ1n) is 5.41. The molecule has 0 fully saturated rings. The van der Waals surface area contributed by atoms with Gasteiger partial charge in [-0.25, -0.2) is 0 Å². The molecule has 0 aliphatic heterocycles. The maximum Gasteiger partial charge on any atom is 0.229 e. The van der Waals surface area contributed by atoms with Crippen LogP contribution >= 0.6 is 0 Å². The molecule has 0 rings (SSSR count). The summed E-state index contributed by atoms with van der Waals surface area (Å²) in [5.74, 6) is 0.128. The highest BCUT2D eigenvalue weighted by Crippen LogP contribution is 2.15. The molecule has 0 aromatic heterocycles. The molecule has 0 saturated heterocycles. The molecular formula is C11H25N3O. The summed E-state index contributed by atoms with van der Waals surface area (Å²) in [5, 5.41) is 0. The summed E-state index contributed by atoms with van der Waals surface area (Å²) in [6, 6.07) is 0. The van der Waals surface area contributed by atoms with Crippen LogP contribution in [0.1, 0.15) is 20.3 Å². The van der Waals surface area contributed by atoms with E-state index in [1.165, 1.54) is 0 Å². The Morgan fingerprint density at radius 1 is 1.20 bits per heavy atom. The quantitative estimate of drug-likeness (QED) is 0.697. The van der Waals surface area contributed by atoms with Gasteiger partial charge in [0.15, 0.2) is 0 Å². The summed E-state index contributed by atoms with van der Waals surface area (Å²) < 4.78 is 0. The number of rotatable bonds is 6. The zero-order chi connectivity index (χ0) is 12.1. The van der Waals surface area contributed by atoms with Crippen molar-refractivity contribution in [1.82, 2.24) is 9.80 Å². The largest absolute Gasteiger partial charge is 0.345 e. The van der Waals surface area contributed by atoms with E-state index in [0.717, 1.165) is 19.5 Å². The fourth-order valence-corrected chi connectivity index (χ4v) is 1.33. The van der Waals surface area contributed by atoms with Crippen molar-refractivity contribution in [2.45, 2.75) is 20.3 Å². The molecule has 0 spiro atoms. The van der Waals surface area contributed by atoms with Gasteiger partial charge in [-0.2, -0.15) is 0 Å². The van der Waals surface area contributed by atoms with Crippen LogP contribution in [0.5, 0.6) is 0 Å². The fraction of sp³-hybridized carbons (Fsp3) is 0.909. The Kier molecular flexibility index (Phi) is 5.83. The summed E-state index contributed by atoms with van der Waals surface area (Å²) in [6.45, 7) is 5.96. The highest BCUT2D eigenvalue weighted by Gasteiger charge is 2.28. The van der Waals surface area contributed by atoms with Crippen LogP contribution in [0, 0.1) is 5.41 Å². The average molecular weight is 215 g/mol. The van der Waals surface area contributed by atoms with E-state index >= 15 is 0 Å². The molecule has 1 amide bonds. The SMILES string of the molecule is CN(C)CCCN(C)C(=O)C(C)(C)CN. The number of amides is 1. The molecule has 0 atom stereocenters. The van der Waals surface area contributed by atoms with Crippen molar-refractivity contribution in [2.24, 2.45) is 11.1 Å². The summed E-state index contributed by atoms with van der Waals surface area (Å²) in [4.78, 5) is 15.8. The van der Waals surface area contributed by atoms with Crippen molar-refractivity contribution in [1.29, 1.82) is 0 Å². The normalized spacial score (nSPS) is 11.9. The van der Waals surface area contributed by atoms with Gasteiger partial charge in [0, 0.05) is 20.1 Å². The first kappa shape index (κ1) is 14.4. The van der Waals surface area contributed by atoms with E-state index in [9.17, 15) is 4.79 Å². The predicted molar refractivity (Wildman–Crippen MR) is 63.6 cm³/mol. The molecular weight excluding hydrogens is 190 g/mol. The lowest BCUT2D eigenvalue weighted by atomic mass is 9.92. The molecule has 0 heterocycles. The van der Waals surface area contributed by atoms with Gasteiger partial charge in [0.25, 0.3) is 0 Å². The van der Waals surface area contributed by atoms with Crippen LogP contribution in [0.3, 0.4) is 0 Å². The lowest BCUT2D eigenvalue weighted by Gasteiger charge is -2.28. The van der Waals surface area contributed by atoms with Crippen LogP contribution in [0.15, 0.2) is 0 Å². The molecule has 0 saturated carbocycles. The Labute approximate surface area is 93.4 Å². The lowest BCUT2D eigenvalue weighted by Crippen LogP contribution is -2.43. The smallest absolute Gasteiger partial charge is 0.229 e. The highest BCUT2D eigenvalue weighted by atomic mass is 16.2. The summed E-state index contributed by atoms with van der Waals surface area (Å²) in [7, 11) is 5.91. The monoisotopic (exact) mass is 215 g/mol. The minimum Gasteiger partial charge on any atom is -0.345 e. The van der Waals surface area contributed by atoms with Crippen LogP contribution < -0.4 is 5.73 Å². The molecule has 4 heteroatoms. The van der Waals surface area contributed by atoms with E-state index in [-0.39, 0.29) is 5.91 Å². The van der Waals surface area contributed by atoms with Gasteiger partial charge in [-0.15, -0.1) is 0 Å². The molecule has 0 aromatic carbocycles. The second kappa shape index (κ2) is 6.08. The first-order valence-corrected chi connectivity index (χ1v) is 5.41. The van der Waals surface area contributed by atoms with Gasteiger partial charge in [-0.3, -0.25) is 4.79 Å². The maximum atomic E-state index is 11.9. The molecule has 90 valence electrons. The molecule has 0 radical (unpaired) electrons. The average Bonchev–Trinajstić information content (AvgIpc) is 2.15. The van der Waals surface area contributed by atoms with E-state index in [1.807, 2.05) is 35.0 Å². The van der Waals surface area contributed by atoms with E-state index in [4.69, 9.17) is 5.73 Å². The zero-order valence-electron chi connectivity index (χ0n) is 10.7. The number of hydrogen-bond donors (Lipinski definition) is 1. The van der Waals surface area contributed by atoms with Gasteiger partial charge in [0.2, 0.25) is 5.91 Å². The lowest BCUT2D eigenvalue weighted by molar-refractivity contribution is -0.138. The van der Waals surface area contributed by atoms with Crippen LogP contribution in [0.25, 0.3) is 0 Å².